The Kier molecular flexibility index (Phi) is 6.19. The summed E-state index contributed by atoms with van der Waals surface area (Å²) in [6.07, 6.45) is 0. The largest absolute Gasteiger partial charge is 0.354 e. The van der Waals surface area contributed by atoms with E-state index in [9.17, 15) is 14.4 Å². The summed E-state index contributed by atoms with van der Waals surface area (Å²) in [6.45, 7) is 13.8. The zero-order valence-electron chi connectivity index (χ0n) is 18.8. The molecule has 2 heterocycles. The van der Waals surface area contributed by atoms with Crippen molar-refractivity contribution in [2.75, 3.05) is 31.1 Å². The lowest BCUT2D eigenvalue weighted by molar-refractivity contribution is 0.0746. The van der Waals surface area contributed by atoms with E-state index < -0.39 is 0 Å². The number of amides is 1. The molecule has 0 unspecified atom stereocenters. The van der Waals surface area contributed by atoms with Crippen LogP contribution in [0.15, 0.2) is 33.9 Å². The average molecular weight is 413 g/mol. The summed E-state index contributed by atoms with van der Waals surface area (Å²) in [5, 5.41) is 0. The fourth-order valence-electron chi connectivity index (χ4n) is 4.18. The van der Waals surface area contributed by atoms with Gasteiger partial charge in [-0.15, -0.1) is 0 Å². The highest BCUT2D eigenvalue weighted by Gasteiger charge is 2.26. The summed E-state index contributed by atoms with van der Waals surface area (Å²) < 4.78 is 2.98. The minimum absolute atomic E-state index is 0.0259. The van der Waals surface area contributed by atoms with Gasteiger partial charge in [-0.3, -0.25) is 18.7 Å². The second-order valence-electron chi connectivity index (χ2n) is 8.71. The number of carbonyl (C=O) groups excluding carboxylic acids is 1. The summed E-state index contributed by atoms with van der Waals surface area (Å²) in [7, 11) is 0. The molecule has 0 saturated carbocycles. The zero-order valence-corrected chi connectivity index (χ0v) is 18.8. The van der Waals surface area contributed by atoms with Gasteiger partial charge in [0.2, 0.25) is 0 Å². The van der Waals surface area contributed by atoms with Crippen molar-refractivity contribution in [2.45, 2.75) is 53.6 Å². The van der Waals surface area contributed by atoms with Gasteiger partial charge in [0, 0.05) is 49.9 Å². The van der Waals surface area contributed by atoms with Crippen LogP contribution in [0.3, 0.4) is 0 Å². The number of nitrogens with zero attached hydrogens (tertiary/aromatic N) is 4. The molecule has 0 aliphatic carbocycles. The van der Waals surface area contributed by atoms with Crippen molar-refractivity contribution in [2.24, 2.45) is 0 Å². The van der Waals surface area contributed by atoms with Crippen molar-refractivity contribution in [3.63, 3.8) is 0 Å². The van der Waals surface area contributed by atoms with Crippen LogP contribution in [-0.4, -0.2) is 46.1 Å². The molecule has 1 aliphatic heterocycles. The lowest BCUT2D eigenvalue weighted by atomic mass is 10.1. The molecule has 1 aromatic carbocycles. The van der Waals surface area contributed by atoms with Crippen LogP contribution >= 0.6 is 0 Å². The minimum atomic E-state index is -0.282. The Bertz CT molecular complexity index is 1040. The first kappa shape index (κ1) is 21.9. The number of benzene rings is 1. The van der Waals surface area contributed by atoms with E-state index >= 15 is 0 Å². The summed E-state index contributed by atoms with van der Waals surface area (Å²) in [6, 6.07) is 7.18. The molecule has 1 saturated heterocycles. The van der Waals surface area contributed by atoms with Crippen LogP contribution in [0.4, 0.5) is 5.82 Å². The molecule has 1 amide bonds. The molecule has 0 bridgehead atoms. The quantitative estimate of drug-likeness (QED) is 0.774. The van der Waals surface area contributed by atoms with Gasteiger partial charge >= 0.3 is 5.69 Å². The molecule has 7 nitrogen and oxygen atoms in total. The Morgan fingerprint density at radius 1 is 0.800 bits per heavy atom. The number of aryl methyl sites for hydroxylation is 2. The maximum absolute atomic E-state index is 13.0. The van der Waals surface area contributed by atoms with Crippen LogP contribution in [0.5, 0.6) is 0 Å². The molecule has 1 fully saturated rings. The molecular formula is C23H32N4O3. The van der Waals surface area contributed by atoms with E-state index in [1.807, 2.05) is 63.5 Å². The summed E-state index contributed by atoms with van der Waals surface area (Å²) in [5.41, 5.74) is 2.29. The zero-order chi connectivity index (χ0) is 22.2. The normalized spacial score (nSPS) is 14.7. The van der Waals surface area contributed by atoms with Gasteiger partial charge in [0.05, 0.1) is 0 Å². The maximum Gasteiger partial charge on any atom is 0.333 e. The standard InChI is InChI=1S/C23H32N4O3/c1-15(2)26-20(14-21(28)27(16(3)4)23(26)30)24-7-9-25(10-8-24)22(29)19-12-17(5)11-18(6)13-19/h11-16H,7-10H2,1-6H3. The molecular weight excluding hydrogens is 380 g/mol. The van der Waals surface area contributed by atoms with Gasteiger partial charge in [0.15, 0.2) is 0 Å². The van der Waals surface area contributed by atoms with E-state index in [1.54, 1.807) is 10.6 Å². The fourth-order valence-corrected chi connectivity index (χ4v) is 4.18. The summed E-state index contributed by atoms with van der Waals surface area (Å²) in [4.78, 5) is 42.4. The predicted molar refractivity (Wildman–Crippen MR) is 120 cm³/mol. The predicted octanol–water partition coefficient (Wildman–Crippen LogP) is 2.75. The second kappa shape index (κ2) is 8.50. The van der Waals surface area contributed by atoms with Crippen molar-refractivity contribution in [1.29, 1.82) is 0 Å². The maximum atomic E-state index is 13.0. The highest BCUT2D eigenvalue weighted by atomic mass is 16.2. The van der Waals surface area contributed by atoms with Crippen LogP contribution in [0.2, 0.25) is 0 Å². The third-order valence-corrected chi connectivity index (χ3v) is 5.54. The fraction of sp³-hybridized carbons (Fsp3) is 0.522. The molecule has 7 heteroatoms. The average Bonchev–Trinajstić information content (AvgIpc) is 2.65. The Hall–Kier alpha value is -2.83. The molecule has 30 heavy (non-hydrogen) atoms. The molecule has 162 valence electrons. The number of hydrogen-bond donors (Lipinski definition) is 0. The van der Waals surface area contributed by atoms with E-state index in [1.165, 1.54) is 4.57 Å². The van der Waals surface area contributed by atoms with Crippen molar-refractivity contribution < 1.29 is 4.79 Å². The van der Waals surface area contributed by atoms with Crippen LogP contribution in [0.1, 0.15) is 61.3 Å². The molecule has 0 N–H and O–H groups in total. The van der Waals surface area contributed by atoms with Gasteiger partial charge in [0.25, 0.3) is 11.5 Å². The van der Waals surface area contributed by atoms with Gasteiger partial charge in [0.1, 0.15) is 5.82 Å². The van der Waals surface area contributed by atoms with Crippen molar-refractivity contribution in [1.82, 2.24) is 14.0 Å². The van der Waals surface area contributed by atoms with Crippen molar-refractivity contribution in [3.05, 3.63) is 61.8 Å². The van der Waals surface area contributed by atoms with E-state index in [4.69, 9.17) is 0 Å². The first-order valence-corrected chi connectivity index (χ1v) is 10.6. The lowest BCUT2D eigenvalue weighted by Gasteiger charge is -2.37. The minimum Gasteiger partial charge on any atom is -0.354 e. The van der Waals surface area contributed by atoms with Gasteiger partial charge in [-0.25, -0.2) is 4.79 Å². The van der Waals surface area contributed by atoms with Crippen LogP contribution in [0.25, 0.3) is 0 Å². The molecule has 1 aromatic heterocycles. The Labute approximate surface area is 177 Å². The highest BCUT2D eigenvalue weighted by Crippen LogP contribution is 2.19. The summed E-state index contributed by atoms with van der Waals surface area (Å²) >= 11 is 0. The SMILES string of the molecule is Cc1cc(C)cc(C(=O)N2CCN(c3cc(=O)n(C(C)C)c(=O)n3C(C)C)CC2)c1. The van der Waals surface area contributed by atoms with E-state index in [0.717, 1.165) is 11.1 Å². The summed E-state index contributed by atoms with van der Waals surface area (Å²) in [5.74, 6) is 0.660. The number of piperazine rings is 1. The van der Waals surface area contributed by atoms with Crippen molar-refractivity contribution in [3.8, 4) is 0 Å². The molecule has 1 aliphatic rings. The lowest BCUT2D eigenvalue weighted by Crippen LogP contribution is -2.51. The first-order valence-electron chi connectivity index (χ1n) is 10.6. The first-order chi connectivity index (χ1) is 14.1. The van der Waals surface area contributed by atoms with Crippen LogP contribution in [-0.2, 0) is 0 Å². The smallest absolute Gasteiger partial charge is 0.333 e. The Morgan fingerprint density at radius 2 is 1.33 bits per heavy atom. The van der Waals surface area contributed by atoms with Crippen LogP contribution < -0.4 is 16.1 Å². The third kappa shape index (κ3) is 4.20. The number of anilines is 1. The topological polar surface area (TPSA) is 67.6 Å². The van der Waals surface area contributed by atoms with Crippen LogP contribution in [0, 0.1) is 13.8 Å². The van der Waals surface area contributed by atoms with Gasteiger partial charge in [-0.05, 0) is 53.7 Å². The molecule has 0 spiro atoms. The molecule has 0 radical (unpaired) electrons. The Balaban J connectivity index is 1.85. The Morgan fingerprint density at radius 3 is 1.83 bits per heavy atom. The number of rotatable bonds is 4. The number of hydrogen-bond acceptors (Lipinski definition) is 4. The molecule has 3 rings (SSSR count). The van der Waals surface area contributed by atoms with E-state index in [2.05, 4.69) is 6.07 Å². The second-order valence-corrected chi connectivity index (χ2v) is 8.71. The molecule has 0 atom stereocenters. The monoisotopic (exact) mass is 412 g/mol. The third-order valence-electron chi connectivity index (χ3n) is 5.54. The van der Waals surface area contributed by atoms with Gasteiger partial charge in [-0.1, -0.05) is 17.2 Å². The van der Waals surface area contributed by atoms with Gasteiger partial charge in [-0.2, -0.15) is 0 Å². The number of carbonyl (C=O) groups is 1. The highest BCUT2D eigenvalue weighted by molar-refractivity contribution is 5.94. The number of aromatic nitrogens is 2. The van der Waals surface area contributed by atoms with E-state index in [-0.39, 0.29) is 29.2 Å². The van der Waals surface area contributed by atoms with E-state index in [0.29, 0.717) is 37.6 Å². The molecule has 2 aromatic rings. The van der Waals surface area contributed by atoms with Gasteiger partial charge < -0.3 is 9.80 Å². The van der Waals surface area contributed by atoms with Crippen molar-refractivity contribution >= 4 is 11.7 Å².